The zero-order valence-corrected chi connectivity index (χ0v) is 16.1. The third-order valence-electron chi connectivity index (χ3n) is 4.14. The van der Waals surface area contributed by atoms with Gasteiger partial charge in [0.05, 0.1) is 25.0 Å². The van der Waals surface area contributed by atoms with Crippen LogP contribution in [0.1, 0.15) is 16.7 Å². The summed E-state index contributed by atoms with van der Waals surface area (Å²) in [7, 11) is 1.49. The van der Waals surface area contributed by atoms with Gasteiger partial charge in [-0.2, -0.15) is 10.5 Å². The first-order valence-corrected chi connectivity index (χ1v) is 8.90. The van der Waals surface area contributed by atoms with E-state index in [2.05, 4.69) is 11.4 Å². The van der Waals surface area contributed by atoms with Crippen LogP contribution >= 0.6 is 0 Å². The molecule has 1 heterocycles. The molecule has 1 aromatic heterocycles. The summed E-state index contributed by atoms with van der Waals surface area (Å²) in [5.74, 6) is 0.572. The van der Waals surface area contributed by atoms with Gasteiger partial charge in [-0.25, -0.2) is 0 Å². The van der Waals surface area contributed by atoms with Crippen molar-refractivity contribution in [1.82, 2.24) is 0 Å². The van der Waals surface area contributed by atoms with Gasteiger partial charge < -0.3 is 13.9 Å². The van der Waals surface area contributed by atoms with Crippen molar-refractivity contribution in [2.45, 2.75) is 6.61 Å². The normalized spacial score (nSPS) is 10.6. The number of anilines is 1. The molecule has 1 amide bonds. The van der Waals surface area contributed by atoms with Gasteiger partial charge >= 0.3 is 0 Å². The van der Waals surface area contributed by atoms with Gasteiger partial charge in [0.1, 0.15) is 18.2 Å². The fourth-order valence-corrected chi connectivity index (χ4v) is 2.65. The Hall–Kier alpha value is -4.49. The summed E-state index contributed by atoms with van der Waals surface area (Å²) >= 11 is 0. The second kappa shape index (κ2) is 9.63. The molecule has 3 aromatic rings. The smallest absolute Gasteiger partial charge is 0.268 e. The number of carbonyl (C=O) groups excluding carboxylic acids is 1. The van der Waals surface area contributed by atoms with Gasteiger partial charge in [0.15, 0.2) is 17.4 Å². The standard InChI is InChI=1S/C23H17N3O4/c1-28-21-12-16(11-19(14-25)23(27)26-22-7-4-10-29-22)8-9-20(21)30-15-18-6-3-2-5-17(18)13-24/h2-12H,15H2,1H3,(H,26,27)/b19-11+. The van der Waals surface area contributed by atoms with Gasteiger partial charge in [-0.05, 0) is 35.9 Å². The lowest BCUT2D eigenvalue weighted by Gasteiger charge is -2.12. The Kier molecular flexibility index (Phi) is 6.50. The molecule has 30 heavy (non-hydrogen) atoms. The number of amides is 1. The molecule has 0 fully saturated rings. The molecule has 0 saturated carbocycles. The number of ether oxygens (including phenoxy) is 2. The predicted octanol–water partition coefficient (Wildman–Crippen LogP) is 4.28. The van der Waals surface area contributed by atoms with Crippen LogP contribution in [0.5, 0.6) is 11.5 Å². The van der Waals surface area contributed by atoms with E-state index in [-0.39, 0.29) is 18.1 Å². The van der Waals surface area contributed by atoms with E-state index < -0.39 is 5.91 Å². The number of benzene rings is 2. The number of nitrogens with zero attached hydrogens (tertiary/aromatic N) is 2. The Bertz CT molecular complexity index is 1150. The van der Waals surface area contributed by atoms with Crippen LogP contribution in [0.3, 0.4) is 0 Å². The fourth-order valence-electron chi connectivity index (χ4n) is 2.65. The van der Waals surface area contributed by atoms with Crippen LogP contribution in [0, 0.1) is 22.7 Å². The number of furan rings is 1. The number of nitriles is 2. The van der Waals surface area contributed by atoms with E-state index in [9.17, 15) is 15.3 Å². The topological polar surface area (TPSA) is 108 Å². The fraction of sp³-hybridized carbons (Fsp3) is 0.0870. The second-order valence-corrected chi connectivity index (χ2v) is 6.07. The monoisotopic (exact) mass is 399 g/mol. The first-order valence-electron chi connectivity index (χ1n) is 8.90. The first-order chi connectivity index (χ1) is 14.6. The van der Waals surface area contributed by atoms with Gasteiger partial charge in [0, 0.05) is 11.6 Å². The minimum atomic E-state index is -0.583. The Balaban J connectivity index is 1.77. The van der Waals surface area contributed by atoms with Crippen molar-refractivity contribution in [3.8, 4) is 23.6 Å². The molecule has 0 radical (unpaired) electrons. The largest absolute Gasteiger partial charge is 0.493 e. The maximum atomic E-state index is 12.2. The number of nitrogens with one attached hydrogen (secondary N) is 1. The molecule has 0 saturated heterocycles. The first kappa shape index (κ1) is 20.2. The molecule has 0 bridgehead atoms. The average molecular weight is 399 g/mol. The van der Waals surface area contributed by atoms with Crippen LogP contribution in [0.25, 0.3) is 6.08 Å². The highest BCUT2D eigenvalue weighted by atomic mass is 16.5. The lowest BCUT2D eigenvalue weighted by atomic mass is 10.1. The van der Waals surface area contributed by atoms with Crippen molar-refractivity contribution >= 4 is 17.9 Å². The highest BCUT2D eigenvalue weighted by molar-refractivity contribution is 6.09. The number of hydrogen-bond acceptors (Lipinski definition) is 6. The molecular formula is C23H17N3O4. The van der Waals surface area contributed by atoms with Crippen molar-refractivity contribution in [2.24, 2.45) is 0 Å². The third kappa shape index (κ3) is 4.86. The summed E-state index contributed by atoms with van der Waals surface area (Å²) in [4.78, 5) is 12.2. The van der Waals surface area contributed by atoms with E-state index in [0.29, 0.717) is 22.6 Å². The van der Waals surface area contributed by atoms with Gasteiger partial charge in [-0.1, -0.05) is 24.3 Å². The average Bonchev–Trinajstić information content (AvgIpc) is 3.29. The minimum Gasteiger partial charge on any atom is -0.493 e. The molecule has 2 aromatic carbocycles. The van der Waals surface area contributed by atoms with Crippen LogP contribution in [0.4, 0.5) is 5.88 Å². The maximum absolute atomic E-state index is 12.2. The lowest BCUT2D eigenvalue weighted by molar-refractivity contribution is -0.112. The number of hydrogen-bond donors (Lipinski definition) is 1. The van der Waals surface area contributed by atoms with E-state index >= 15 is 0 Å². The SMILES string of the molecule is COc1cc(/C=C(\C#N)C(=O)Nc2ccco2)ccc1OCc1ccccc1C#N. The van der Waals surface area contributed by atoms with Gasteiger partial charge in [-0.3, -0.25) is 10.1 Å². The summed E-state index contributed by atoms with van der Waals surface area (Å²) in [6, 6.07) is 19.4. The number of rotatable bonds is 7. The van der Waals surface area contributed by atoms with E-state index in [1.54, 1.807) is 42.5 Å². The molecule has 0 unspecified atom stereocenters. The molecule has 7 heteroatoms. The van der Waals surface area contributed by atoms with Gasteiger partial charge in [0.2, 0.25) is 0 Å². The molecule has 7 nitrogen and oxygen atoms in total. The predicted molar refractivity (Wildman–Crippen MR) is 109 cm³/mol. The van der Waals surface area contributed by atoms with Crippen LogP contribution in [0.2, 0.25) is 0 Å². The lowest BCUT2D eigenvalue weighted by Crippen LogP contribution is -2.12. The highest BCUT2D eigenvalue weighted by Crippen LogP contribution is 2.30. The Morgan fingerprint density at radius 1 is 1.13 bits per heavy atom. The van der Waals surface area contributed by atoms with Gasteiger partial charge in [-0.15, -0.1) is 0 Å². The van der Waals surface area contributed by atoms with Crippen LogP contribution in [-0.2, 0) is 11.4 Å². The summed E-state index contributed by atoms with van der Waals surface area (Å²) in [6.45, 7) is 0.199. The van der Waals surface area contributed by atoms with E-state index in [1.807, 2.05) is 18.2 Å². The molecule has 0 aliphatic rings. The number of carbonyl (C=O) groups is 1. The molecular weight excluding hydrogens is 382 g/mol. The zero-order chi connectivity index (χ0) is 21.3. The van der Waals surface area contributed by atoms with E-state index in [4.69, 9.17) is 13.9 Å². The van der Waals surface area contributed by atoms with Crippen LogP contribution in [-0.4, -0.2) is 13.0 Å². The minimum absolute atomic E-state index is 0.0925. The van der Waals surface area contributed by atoms with Crippen LogP contribution in [0.15, 0.2) is 70.9 Å². The van der Waals surface area contributed by atoms with Crippen molar-refractivity contribution in [3.05, 3.63) is 83.1 Å². The molecule has 0 atom stereocenters. The molecule has 0 spiro atoms. The molecule has 0 aliphatic carbocycles. The Labute approximate surface area is 173 Å². The molecule has 148 valence electrons. The van der Waals surface area contributed by atoms with Crippen molar-refractivity contribution in [2.75, 3.05) is 12.4 Å². The van der Waals surface area contributed by atoms with Crippen LogP contribution < -0.4 is 14.8 Å². The maximum Gasteiger partial charge on any atom is 0.268 e. The zero-order valence-electron chi connectivity index (χ0n) is 16.1. The van der Waals surface area contributed by atoms with Gasteiger partial charge in [0.25, 0.3) is 5.91 Å². The van der Waals surface area contributed by atoms with Crippen molar-refractivity contribution < 1.29 is 18.7 Å². The van der Waals surface area contributed by atoms with E-state index in [1.165, 1.54) is 19.4 Å². The molecule has 0 aliphatic heterocycles. The third-order valence-corrected chi connectivity index (χ3v) is 4.14. The van der Waals surface area contributed by atoms with E-state index in [0.717, 1.165) is 5.56 Å². The summed E-state index contributed by atoms with van der Waals surface area (Å²) in [6.07, 6.45) is 2.86. The highest BCUT2D eigenvalue weighted by Gasteiger charge is 2.12. The Morgan fingerprint density at radius 3 is 2.67 bits per heavy atom. The number of methoxy groups -OCH3 is 1. The summed E-state index contributed by atoms with van der Waals surface area (Å²) in [5.41, 5.74) is 1.79. The van der Waals surface area contributed by atoms with Crippen molar-refractivity contribution in [1.29, 1.82) is 10.5 Å². The second-order valence-electron chi connectivity index (χ2n) is 6.07. The molecule has 3 rings (SSSR count). The summed E-state index contributed by atoms with van der Waals surface area (Å²) in [5, 5.41) is 21.0. The summed E-state index contributed by atoms with van der Waals surface area (Å²) < 4.78 is 16.2. The Morgan fingerprint density at radius 2 is 1.97 bits per heavy atom. The van der Waals surface area contributed by atoms with Crippen molar-refractivity contribution in [3.63, 3.8) is 0 Å². The molecule has 1 N–H and O–H groups in total. The quantitative estimate of drug-likeness (QED) is 0.469.